The van der Waals surface area contributed by atoms with Crippen molar-refractivity contribution >= 4 is 46.7 Å². The number of H-pyrrole nitrogens is 1. The number of ether oxygens (including phenoxy) is 2. The molecule has 0 atom stereocenters. The highest BCUT2D eigenvalue weighted by Crippen LogP contribution is 2.36. The second kappa shape index (κ2) is 21.6. The second-order valence-electron chi connectivity index (χ2n) is 13.2. The number of hydrogen-bond donors (Lipinski definition) is 2. The van der Waals surface area contributed by atoms with Crippen molar-refractivity contribution in [2.24, 2.45) is 0 Å². The number of carbonyl (C=O) groups excluding carboxylic acids is 1. The summed E-state index contributed by atoms with van der Waals surface area (Å²) < 4.78 is 14.1. The number of nitrogens with one attached hydrogen (secondary N) is 2. The zero-order chi connectivity index (χ0) is 38.1. The molecular weight excluding hydrogens is 745 g/mol. The Labute approximate surface area is 331 Å². The fourth-order valence-corrected chi connectivity index (χ4v) is 7.63. The van der Waals surface area contributed by atoms with Gasteiger partial charge < -0.3 is 14.8 Å². The summed E-state index contributed by atoms with van der Waals surface area (Å²) in [6, 6.07) is 20.1. The number of benzene rings is 3. The Kier molecular flexibility index (Phi) is 16.4. The van der Waals surface area contributed by atoms with Crippen LogP contribution in [0, 0.1) is 0 Å². The molecule has 0 aliphatic heterocycles. The minimum Gasteiger partial charge on any atom is -0.494 e. The van der Waals surface area contributed by atoms with Crippen molar-refractivity contribution in [3.63, 3.8) is 0 Å². The molecule has 54 heavy (non-hydrogen) atoms. The summed E-state index contributed by atoms with van der Waals surface area (Å²) in [5, 5.41) is 18.6. The topological polar surface area (TPSA) is 129 Å². The van der Waals surface area contributed by atoms with Gasteiger partial charge in [-0.25, -0.2) is 4.68 Å². The van der Waals surface area contributed by atoms with Crippen LogP contribution in [0.15, 0.2) is 81.6 Å². The molecular formula is C40H49Cl2N7O4S. The lowest BCUT2D eigenvalue weighted by molar-refractivity contribution is -0.118. The van der Waals surface area contributed by atoms with Crippen molar-refractivity contribution in [3.05, 3.63) is 92.7 Å². The van der Waals surface area contributed by atoms with Crippen molar-refractivity contribution in [2.75, 3.05) is 19.0 Å². The molecule has 0 saturated heterocycles. The Morgan fingerprint density at radius 2 is 1.56 bits per heavy atom. The summed E-state index contributed by atoms with van der Waals surface area (Å²) in [4.78, 5) is 27.4. The van der Waals surface area contributed by atoms with Gasteiger partial charge in [0.1, 0.15) is 27.9 Å². The van der Waals surface area contributed by atoms with Gasteiger partial charge >= 0.3 is 0 Å². The Morgan fingerprint density at radius 3 is 2.24 bits per heavy atom. The highest BCUT2D eigenvalue weighted by molar-refractivity contribution is 7.99. The highest BCUT2D eigenvalue weighted by atomic mass is 35.5. The van der Waals surface area contributed by atoms with E-state index in [1.54, 1.807) is 0 Å². The van der Waals surface area contributed by atoms with Crippen molar-refractivity contribution in [1.82, 2.24) is 30.0 Å². The Hall–Kier alpha value is -4.26. The fourth-order valence-electron chi connectivity index (χ4n) is 6.20. The summed E-state index contributed by atoms with van der Waals surface area (Å²) in [6.07, 6.45) is 18.1. The van der Waals surface area contributed by atoms with Crippen LogP contribution < -0.4 is 20.3 Å². The molecule has 5 rings (SSSR count). The third-order valence-electron chi connectivity index (χ3n) is 9.02. The van der Waals surface area contributed by atoms with Crippen molar-refractivity contribution in [2.45, 2.75) is 107 Å². The van der Waals surface area contributed by atoms with Gasteiger partial charge in [-0.3, -0.25) is 14.7 Å². The molecule has 2 aromatic heterocycles. The zero-order valence-corrected chi connectivity index (χ0v) is 33.3. The van der Waals surface area contributed by atoms with Crippen molar-refractivity contribution < 1.29 is 14.3 Å². The molecule has 5 aromatic rings. The van der Waals surface area contributed by atoms with Crippen LogP contribution in [-0.4, -0.2) is 49.6 Å². The maximum Gasteiger partial charge on any atom is 0.287 e. The highest BCUT2D eigenvalue weighted by Gasteiger charge is 2.25. The van der Waals surface area contributed by atoms with E-state index in [0.717, 1.165) is 24.6 Å². The number of anilines is 1. The van der Waals surface area contributed by atoms with Crippen LogP contribution in [0.1, 0.15) is 96.0 Å². The second-order valence-corrected chi connectivity index (χ2v) is 15.0. The van der Waals surface area contributed by atoms with E-state index in [-0.39, 0.29) is 33.8 Å². The molecule has 0 aliphatic carbocycles. The number of amides is 1. The first-order chi connectivity index (χ1) is 26.4. The molecule has 288 valence electrons. The Morgan fingerprint density at radius 1 is 0.870 bits per heavy atom. The van der Waals surface area contributed by atoms with Gasteiger partial charge in [-0.2, -0.15) is 4.68 Å². The van der Waals surface area contributed by atoms with Gasteiger partial charge in [-0.1, -0.05) is 138 Å². The minimum atomic E-state index is -0.526. The maximum absolute atomic E-state index is 14.0. The minimum absolute atomic E-state index is 0.102. The third kappa shape index (κ3) is 11.9. The van der Waals surface area contributed by atoms with Gasteiger partial charge in [0, 0.05) is 11.1 Å². The smallest absolute Gasteiger partial charge is 0.287 e. The molecule has 0 fully saturated rings. The first-order valence-electron chi connectivity index (χ1n) is 18.8. The molecule has 0 bridgehead atoms. The largest absolute Gasteiger partial charge is 0.494 e. The van der Waals surface area contributed by atoms with Gasteiger partial charge in [0.25, 0.3) is 11.5 Å². The van der Waals surface area contributed by atoms with Crippen LogP contribution in [0.2, 0.25) is 10.0 Å². The van der Waals surface area contributed by atoms with E-state index >= 15 is 0 Å². The SMILES string of the molecule is CCCCCCCCCCCCCCCc1cccc(OCC(=O)Nc2[nH]n(-c3c(Cl)cc(Cl)cc3OC)c(=O)c2Sc2nnnn2-c2ccccc2)c1. The average Bonchev–Trinajstić information content (AvgIpc) is 3.76. The van der Waals surface area contributed by atoms with Crippen molar-refractivity contribution in [3.8, 4) is 22.9 Å². The molecule has 1 amide bonds. The van der Waals surface area contributed by atoms with Crippen LogP contribution in [-0.2, 0) is 11.2 Å². The number of methoxy groups -OCH3 is 1. The van der Waals surface area contributed by atoms with Gasteiger partial charge in [-0.15, -0.1) is 5.10 Å². The van der Waals surface area contributed by atoms with E-state index in [9.17, 15) is 9.59 Å². The number of unbranched alkanes of at least 4 members (excludes halogenated alkanes) is 12. The van der Waals surface area contributed by atoms with Gasteiger partial charge in [0.15, 0.2) is 6.61 Å². The van der Waals surface area contributed by atoms with Gasteiger partial charge in [-0.05, 0) is 70.9 Å². The molecule has 0 saturated carbocycles. The zero-order valence-electron chi connectivity index (χ0n) is 31.0. The number of para-hydroxylation sites is 1. The fraction of sp³-hybridized carbons (Fsp3) is 0.425. The number of carbonyl (C=O) groups is 1. The van der Waals surface area contributed by atoms with E-state index in [4.69, 9.17) is 32.7 Å². The summed E-state index contributed by atoms with van der Waals surface area (Å²) in [7, 11) is 1.44. The van der Waals surface area contributed by atoms with Crippen LogP contribution >= 0.6 is 35.0 Å². The van der Waals surface area contributed by atoms with Crippen LogP contribution in [0.5, 0.6) is 11.5 Å². The van der Waals surface area contributed by atoms with Gasteiger partial charge in [0.2, 0.25) is 5.16 Å². The number of aryl methyl sites for hydroxylation is 1. The number of hydrogen-bond acceptors (Lipinski definition) is 8. The molecule has 2 heterocycles. The number of nitrogens with zero attached hydrogens (tertiary/aromatic N) is 5. The van der Waals surface area contributed by atoms with E-state index in [2.05, 4.69) is 38.9 Å². The van der Waals surface area contributed by atoms with Crippen LogP contribution in [0.4, 0.5) is 5.82 Å². The monoisotopic (exact) mass is 793 g/mol. The van der Waals surface area contributed by atoms with Gasteiger partial charge in [0.05, 0.1) is 17.8 Å². The number of aromatic amines is 1. The first-order valence-corrected chi connectivity index (χ1v) is 20.4. The standard InChI is InChI=1S/C40H49Cl2N7O4S/c1-3-4-5-6-7-8-9-10-11-12-13-14-16-20-29-21-19-24-32(25-29)53-28-35(50)43-38-37(54-40-44-46-47-48(40)31-22-17-15-18-23-31)39(51)49(45-38)36-33(42)26-30(41)27-34(36)52-2/h15,17-19,21-27,45H,3-14,16,20,28H2,1-2H3,(H,43,50). The third-order valence-corrected chi connectivity index (χ3v) is 10.5. The number of tetrazole rings is 1. The predicted molar refractivity (Wildman–Crippen MR) is 216 cm³/mol. The lowest BCUT2D eigenvalue weighted by Gasteiger charge is -2.11. The molecule has 0 aliphatic rings. The molecule has 0 spiro atoms. The Balaban J connectivity index is 1.18. The van der Waals surface area contributed by atoms with E-state index in [1.165, 1.54) is 111 Å². The lowest BCUT2D eigenvalue weighted by atomic mass is 10.0. The molecule has 11 nitrogen and oxygen atoms in total. The number of rotatable bonds is 23. The van der Waals surface area contributed by atoms with E-state index in [1.807, 2.05) is 48.5 Å². The number of halogens is 2. The molecule has 2 N–H and O–H groups in total. The summed E-state index contributed by atoms with van der Waals surface area (Å²) in [5.41, 5.74) is 1.55. The molecule has 14 heteroatoms. The van der Waals surface area contributed by atoms with E-state index in [0.29, 0.717) is 21.6 Å². The Bertz CT molecular complexity index is 1980. The van der Waals surface area contributed by atoms with E-state index < -0.39 is 11.5 Å². The molecule has 0 unspecified atom stereocenters. The average molecular weight is 795 g/mol. The van der Waals surface area contributed by atoms with Crippen LogP contribution in [0.3, 0.4) is 0 Å². The summed E-state index contributed by atoms with van der Waals surface area (Å²) in [5.74, 6) is 0.466. The molecule has 3 aromatic carbocycles. The lowest BCUT2D eigenvalue weighted by Crippen LogP contribution is -2.21. The van der Waals surface area contributed by atoms with Crippen LogP contribution in [0.25, 0.3) is 11.4 Å². The maximum atomic E-state index is 14.0. The summed E-state index contributed by atoms with van der Waals surface area (Å²) in [6.45, 7) is 1.98. The normalized spacial score (nSPS) is 11.2. The quantitative estimate of drug-likeness (QED) is 0.0626. The number of aromatic nitrogens is 6. The first kappa shape index (κ1) is 40.9. The molecule has 0 radical (unpaired) electrons. The van der Waals surface area contributed by atoms with Crippen molar-refractivity contribution in [1.29, 1.82) is 0 Å². The predicted octanol–water partition coefficient (Wildman–Crippen LogP) is 10.3. The summed E-state index contributed by atoms with van der Waals surface area (Å²) >= 11 is 13.8.